The first-order valence-electron chi connectivity index (χ1n) is 3.57. The van der Waals surface area contributed by atoms with Crippen LogP contribution in [0, 0.1) is 0 Å². The molecule has 0 atom stereocenters. The molecule has 0 bridgehead atoms. The Labute approximate surface area is 85.1 Å². The summed E-state index contributed by atoms with van der Waals surface area (Å²) in [6.07, 6.45) is 3.63. The van der Waals surface area contributed by atoms with Gasteiger partial charge < -0.3 is 4.74 Å². The molecular weight excluding hydrogens is 210 g/mol. The quantitative estimate of drug-likeness (QED) is 0.715. The Kier molecular flexibility index (Phi) is 3.45. The average Bonchev–Trinajstić information content (AvgIpc) is 2.48. The summed E-state index contributed by atoms with van der Waals surface area (Å²) >= 11 is 7.05. The molecule has 1 heterocycles. The molecule has 0 saturated carbocycles. The van der Waals surface area contributed by atoms with Crippen LogP contribution in [0.5, 0.6) is 0 Å². The van der Waals surface area contributed by atoms with Crippen LogP contribution in [-0.2, 0) is 4.74 Å². The molecule has 5 heteroatoms. The van der Waals surface area contributed by atoms with Gasteiger partial charge >= 0.3 is 5.97 Å². The van der Waals surface area contributed by atoms with Crippen molar-refractivity contribution in [2.24, 2.45) is 0 Å². The topological polar surface area (TPSA) is 39.2 Å². The number of methoxy groups -OCH3 is 1. The molecule has 1 aromatic heterocycles. The Morgan fingerprint density at radius 1 is 1.69 bits per heavy atom. The fraction of sp³-hybridized carbons (Fsp3) is 0.250. The number of halogens is 1. The van der Waals surface area contributed by atoms with Gasteiger partial charge in [-0.2, -0.15) is 4.37 Å². The Balaban J connectivity index is 3.06. The molecule has 0 aliphatic rings. The van der Waals surface area contributed by atoms with Crippen molar-refractivity contribution in [2.45, 2.75) is 6.92 Å². The monoisotopic (exact) mass is 217 g/mol. The van der Waals surface area contributed by atoms with E-state index in [1.54, 1.807) is 6.08 Å². The van der Waals surface area contributed by atoms with Crippen LogP contribution in [0.1, 0.15) is 22.3 Å². The Morgan fingerprint density at radius 3 is 2.92 bits per heavy atom. The van der Waals surface area contributed by atoms with Gasteiger partial charge in [0.05, 0.1) is 17.0 Å². The second kappa shape index (κ2) is 4.39. The van der Waals surface area contributed by atoms with Gasteiger partial charge in [-0.25, -0.2) is 4.79 Å². The largest absolute Gasteiger partial charge is 0.464 e. The van der Waals surface area contributed by atoms with Gasteiger partial charge in [0.15, 0.2) is 5.69 Å². The van der Waals surface area contributed by atoms with Gasteiger partial charge in [-0.1, -0.05) is 17.7 Å². The molecule has 0 fully saturated rings. The van der Waals surface area contributed by atoms with Crippen molar-refractivity contribution >= 4 is 35.2 Å². The fourth-order valence-electron chi connectivity index (χ4n) is 0.770. The highest BCUT2D eigenvalue weighted by Crippen LogP contribution is 2.26. The summed E-state index contributed by atoms with van der Waals surface area (Å²) in [5.41, 5.74) is 0.183. The summed E-state index contributed by atoms with van der Waals surface area (Å²) in [7, 11) is 1.30. The van der Waals surface area contributed by atoms with Crippen molar-refractivity contribution in [1.82, 2.24) is 4.37 Å². The standard InChI is InChI=1S/C8H8ClNO2S/c1-3-4-5-6(9)7(10-13-5)8(11)12-2/h3-4H,1-2H3. The summed E-state index contributed by atoms with van der Waals surface area (Å²) < 4.78 is 8.39. The van der Waals surface area contributed by atoms with E-state index in [-0.39, 0.29) is 5.69 Å². The lowest BCUT2D eigenvalue weighted by Crippen LogP contribution is -2.01. The van der Waals surface area contributed by atoms with Crippen LogP contribution in [0.2, 0.25) is 5.02 Å². The van der Waals surface area contributed by atoms with Crippen LogP contribution in [0.3, 0.4) is 0 Å². The third-order valence-corrected chi connectivity index (χ3v) is 2.66. The van der Waals surface area contributed by atoms with Crippen molar-refractivity contribution in [3.8, 4) is 0 Å². The van der Waals surface area contributed by atoms with Crippen LogP contribution in [0.25, 0.3) is 6.08 Å². The van der Waals surface area contributed by atoms with Crippen LogP contribution < -0.4 is 0 Å². The van der Waals surface area contributed by atoms with E-state index in [0.717, 1.165) is 4.88 Å². The minimum Gasteiger partial charge on any atom is -0.464 e. The number of ether oxygens (including phenoxy) is 1. The van der Waals surface area contributed by atoms with E-state index in [1.807, 2.05) is 13.0 Å². The molecule has 1 aromatic rings. The van der Waals surface area contributed by atoms with E-state index in [0.29, 0.717) is 5.02 Å². The minimum atomic E-state index is -0.503. The molecule has 0 aromatic carbocycles. The SMILES string of the molecule is CC=Cc1snc(C(=O)OC)c1Cl. The first-order valence-corrected chi connectivity index (χ1v) is 4.72. The second-order valence-electron chi connectivity index (χ2n) is 2.20. The zero-order valence-electron chi connectivity index (χ0n) is 7.20. The number of aromatic nitrogens is 1. The molecule has 0 amide bonds. The summed E-state index contributed by atoms with van der Waals surface area (Å²) in [6, 6.07) is 0. The van der Waals surface area contributed by atoms with E-state index < -0.39 is 5.97 Å². The number of rotatable bonds is 2. The molecule has 0 unspecified atom stereocenters. The van der Waals surface area contributed by atoms with E-state index in [2.05, 4.69) is 9.11 Å². The molecular formula is C8H8ClNO2S. The summed E-state index contributed by atoms with van der Waals surface area (Å²) in [5.74, 6) is -0.503. The molecule has 70 valence electrons. The highest BCUT2D eigenvalue weighted by molar-refractivity contribution is 7.07. The van der Waals surface area contributed by atoms with Crippen molar-refractivity contribution in [2.75, 3.05) is 7.11 Å². The van der Waals surface area contributed by atoms with Gasteiger partial charge in [0, 0.05) is 0 Å². The zero-order chi connectivity index (χ0) is 9.84. The van der Waals surface area contributed by atoms with E-state index in [1.165, 1.54) is 18.6 Å². The van der Waals surface area contributed by atoms with Gasteiger partial charge in [-0.05, 0) is 24.5 Å². The molecule has 13 heavy (non-hydrogen) atoms. The first-order chi connectivity index (χ1) is 6.20. The summed E-state index contributed by atoms with van der Waals surface area (Å²) in [4.78, 5) is 11.8. The lowest BCUT2D eigenvalue weighted by molar-refractivity contribution is 0.0595. The summed E-state index contributed by atoms with van der Waals surface area (Å²) in [5, 5.41) is 0.356. The number of nitrogens with zero attached hydrogens (tertiary/aromatic N) is 1. The highest BCUT2D eigenvalue weighted by Gasteiger charge is 2.17. The van der Waals surface area contributed by atoms with Crippen molar-refractivity contribution < 1.29 is 9.53 Å². The van der Waals surface area contributed by atoms with Gasteiger partial charge in [-0.15, -0.1) is 0 Å². The minimum absolute atomic E-state index is 0.183. The average molecular weight is 218 g/mol. The number of esters is 1. The lowest BCUT2D eigenvalue weighted by Gasteiger charge is -1.93. The van der Waals surface area contributed by atoms with Crippen LogP contribution >= 0.6 is 23.1 Å². The Morgan fingerprint density at radius 2 is 2.38 bits per heavy atom. The molecule has 0 radical (unpaired) electrons. The smallest absolute Gasteiger partial charge is 0.359 e. The highest BCUT2D eigenvalue weighted by atomic mass is 35.5. The maximum absolute atomic E-state index is 11.1. The van der Waals surface area contributed by atoms with Crippen molar-refractivity contribution in [3.05, 3.63) is 21.7 Å². The molecule has 0 aliphatic heterocycles. The fourth-order valence-corrected chi connectivity index (χ4v) is 1.84. The number of carbonyl (C=O) groups is 1. The first kappa shape index (κ1) is 10.2. The number of carbonyl (C=O) groups excluding carboxylic acids is 1. The van der Waals surface area contributed by atoms with Crippen molar-refractivity contribution in [1.29, 1.82) is 0 Å². The van der Waals surface area contributed by atoms with Crippen molar-refractivity contribution in [3.63, 3.8) is 0 Å². The number of hydrogen-bond acceptors (Lipinski definition) is 4. The van der Waals surface area contributed by atoms with Gasteiger partial charge in [-0.3, -0.25) is 0 Å². The zero-order valence-corrected chi connectivity index (χ0v) is 8.78. The Hall–Kier alpha value is -0.870. The normalized spacial score (nSPS) is 10.7. The molecule has 0 spiro atoms. The van der Waals surface area contributed by atoms with Crippen LogP contribution in [0.15, 0.2) is 6.08 Å². The predicted octanol–water partition coefficient (Wildman–Crippen LogP) is 2.62. The van der Waals surface area contributed by atoms with E-state index in [4.69, 9.17) is 11.6 Å². The molecule has 0 N–H and O–H groups in total. The number of hydrogen-bond donors (Lipinski definition) is 0. The Bertz CT molecular complexity index is 346. The van der Waals surface area contributed by atoms with E-state index in [9.17, 15) is 4.79 Å². The predicted molar refractivity (Wildman–Crippen MR) is 53.2 cm³/mol. The third-order valence-electron chi connectivity index (χ3n) is 1.36. The molecule has 3 nitrogen and oxygen atoms in total. The number of allylic oxidation sites excluding steroid dienone is 1. The maximum Gasteiger partial charge on any atom is 0.359 e. The van der Waals surface area contributed by atoms with E-state index >= 15 is 0 Å². The second-order valence-corrected chi connectivity index (χ2v) is 3.38. The van der Waals surface area contributed by atoms with Crippen LogP contribution in [-0.4, -0.2) is 17.5 Å². The molecule has 0 aliphatic carbocycles. The third kappa shape index (κ3) is 2.08. The lowest BCUT2D eigenvalue weighted by atomic mass is 10.3. The maximum atomic E-state index is 11.1. The van der Waals surface area contributed by atoms with Crippen LogP contribution in [0.4, 0.5) is 0 Å². The molecule has 1 rings (SSSR count). The molecule has 0 saturated heterocycles. The van der Waals surface area contributed by atoms with Gasteiger partial charge in [0.1, 0.15) is 0 Å². The van der Waals surface area contributed by atoms with Gasteiger partial charge in [0.2, 0.25) is 0 Å². The summed E-state index contributed by atoms with van der Waals surface area (Å²) in [6.45, 7) is 1.87. The van der Waals surface area contributed by atoms with Gasteiger partial charge in [0.25, 0.3) is 0 Å².